The molecule has 0 unspecified atom stereocenters. The van der Waals surface area contributed by atoms with Gasteiger partial charge in [0.15, 0.2) is 0 Å². The number of hydrogen-bond acceptors (Lipinski definition) is 4. The van der Waals surface area contributed by atoms with Gasteiger partial charge < -0.3 is 35.1 Å². The summed E-state index contributed by atoms with van der Waals surface area (Å²) in [5.41, 5.74) is 0. The monoisotopic (exact) mass is 385 g/mol. The average molecular weight is 385 g/mol. The van der Waals surface area contributed by atoms with Gasteiger partial charge in [0.05, 0.1) is 0 Å². The minimum atomic E-state index is -5.33. The van der Waals surface area contributed by atoms with Crippen LogP contribution in [-0.4, -0.2) is 119 Å². The third-order valence-electron chi connectivity index (χ3n) is 2.91. The number of aliphatic hydroxyl groups is 1. The first kappa shape index (κ1) is 31.9. The topological polar surface area (TPSA) is 170 Å². The number of nitrogens with zero attached hydrogens (tertiary/aromatic N) is 1. The van der Waals surface area contributed by atoms with E-state index in [1.54, 1.807) is 11.9 Å². The summed E-state index contributed by atoms with van der Waals surface area (Å²) in [4.78, 5) is 37.5. The fourth-order valence-corrected chi connectivity index (χ4v) is 3.69. The zero-order valence-corrected chi connectivity index (χ0v) is 13.4. The van der Waals surface area contributed by atoms with E-state index in [0.29, 0.717) is 6.54 Å². The van der Waals surface area contributed by atoms with Crippen LogP contribution in [0.5, 0.6) is 0 Å². The molecule has 0 fully saturated rings. The minimum absolute atomic E-state index is 0. The molecule has 0 aliphatic heterocycles. The van der Waals surface area contributed by atoms with E-state index >= 15 is 0 Å². The molecular weight excluding hydrogens is 358 g/mol. The van der Waals surface area contributed by atoms with Gasteiger partial charge in [0.25, 0.3) is 5.08 Å². The fraction of sp³-hybridized carbons (Fsp3) is 1.00. The molecule has 0 saturated heterocycles. The molecule has 0 heterocycles. The summed E-state index contributed by atoms with van der Waals surface area (Å²) < 4.78 is 22.2. The Morgan fingerprint density at radius 2 is 1.36 bits per heavy atom. The first-order valence-corrected chi connectivity index (χ1v) is 9.20. The molecule has 0 aromatic heterocycles. The van der Waals surface area contributed by atoms with E-state index in [-0.39, 0.29) is 71.1 Å². The van der Waals surface area contributed by atoms with Crippen LogP contribution < -0.4 is 0 Å². The molecule has 0 spiro atoms. The third-order valence-corrected chi connectivity index (χ3v) is 6.78. The first-order valence-electron chi connectivity index (χ1n) is 5.98. The quantitative estimate of drug-likeness (QED) is 0.179. The van der Waals surface area contributed by atoms with Gasteiger partial charge in [-0.3, -0.25) is 9.13 Å². The van der Waals surface area contributed by atoms with Gasteiger partial charge in [0, 0.05) is 13.0 Å². The standard InChI is InChI=1S/C9H23NO7P2.2Na.H2O.2H/c1-3-4-5-7-10(2)8-6-9(11,18(12,13)14)19(15,16)17;;;;;/h11H,3-8H2,1-2H3,(H2,12,13,14)(H2,15,16,17);;;1H2;;. The van der Waals surface area contributed by atoms with Crippen molar-refractivity contribution in [3.8, 4) is 0 Å². The Hall–Kier alpha value is 2.18. The van der Waals surface area contributed by atoms with Crippen LogP contribution >= 0.6 is 15.2 Å². The molecule has 0 amide bonds. The van der Waals surface area contributed by atoms with E-state index in [0.717, 1.165) is 19.3 Å². The Labute approximate surface area is 175 Å². The van der Waals surface area contributed by atoms with Crippen molar-refractivity contribution < 1.29 is 39.3 Å². The summed E-state index contributed by atoms with van der Waals surface area (Å²) in [5, 5.41) is 6.35. The predicted octanol–water partition coefficient (Wildman–Crippen LogP) is -1.62. The number of rotatable bonds is 9. The van der Waals surface area contributed by atoms with Crippen LogP contribution in [0.3, 0.4) is 0 Å². The van der Waals surface area contributed by atoms with Gasteiger partial charge in [-0.2, -0.15) is 0 Å². The van der Waals surface area contributed by atoms with Crippen molar-refractivity contribution in [2.75, 3.05) is 20.1 Å². The van der Waals surface area contributed by atoms with Crippen LogP contribution in [0.25, 0.3) is 0 Å². The molecule has 0 saturated carbocycles. The summed E-state index contributed by atoms with van der Waals surface area (Å²) in [6.07, 6.45) is 2.19. The predicted molar refractivity (Wildman–Crippen MR) is 88.6 cm³/mol. The molecule has 128 valence electrons. The van der Waals surface area contributed by atoms with Crippen molar-refractivity contribution in [2.24, 2.45) is 0 Å². The molecular formula is C9H27NNa2O8P2. The summed E-state index contributed by atoms with van der Waals surface area (Å²) in [7, 11) is -9.00. The second-order valence-electron chi connectivity index (χ2n) is 4.62. The Kier molecular flexibility index (Phi) is 19.4. The second kappa shape index (κ2) is 13.4. The summed E-state index contributed by atoms with van der Waals surface area (Å²) in [6, 6.07) is 0. The van der Waals surface area contributed by atoms with Gasteiger partial charge in [-0.05, 0) is 20.0 Å². The van der Waals surface area contributed by atoms with E-state index in [1.165, 1.54) is 0 Å². The Morgan fingerprint density at radius 1 is 0.955 bits per heavy atom. The Morgan fingerprint density at radius 3 is 1.68 bits per heavy atom. The molecule has 13 heteroatoms. The van der Waals surface area contributed by atoms with E-state index in [9.17, 15) is 14.2 Å². The van der Waals surface area contributed by atoms with E-state index in [1.807, 2.05) is 6.92 Å². The third kappa shape index (κ3) is 10.2. The van der Waals surface area contributed by atoms with Gasteiger partial charge in [0.1, 0.15) is 0 Å². The van der Waals surface area contributed by atoms with E-state index in [2.05, 4.69) is 0 Å². The van der Waals surface area contributed by atoms with Gasteiger partial charge in [-0.15, -0.1) is 0 Å². The summed E-state index contributed by atoms with van der Waals surface area (Å²) in [5.74, 6) is 0. The zero-order valence-electron chi connectivity index (χ0n) is 11.6. The van der Waals surface area contributed by atoms with Gasteiger partial charge in [-0.1, -0.05) is 19.8 Å². The molecule has 0 aliphatic rings. The summed E-state index contributed by atoms with van der Waals surface area (Å²) >= 11 is 0. The molecule has 0 bridgehead atoms. The van der Waals surface area contributed by atoms with E-state index in [4.69, 9.17) is 19.6 Å². The van der Waals surface area contributed by atoms with E-state index < -0.39 is 26.7 Å². The van der Waals surface area contributed by atoms with Crippen LogP contribution in [0.2, 0.25) is 0 Å². The molecule has 0 radical (unpaired) electrons. The normalized spacial score (nSPS) is 12.2. The molecule has 0 aliphatic carbocycles. The molecule has 9 nitrogen and oxygen atoms in total. The van der Waals surface area contributed by atoms with Crippen molar-refractivity contribution in [1.82, 2.24) is 4.90 Å². The second-order valence-corrected chi connectivity index (χ2v) is 8.63. The number of unbranched alkanes of at least 4 members (excludes halogenated alkanes) is 2. The SMILES string of the molecule is CCCCCN(C)CCC(O)(P(=O)(O)O)P(=O)(O)O.O.[NaH].[NaH]. The molecule has 0 atom stereocenters. The molecule has 7 N–H and O–H groups in total. The van der Waals surface area contributed by atoms with Crippen molar-refractivity contribution in [3.63, 3.8) is 0 Å². The van der Waals surface area contributed by atoms with Crippen LogP contribution in [0.4, 0.5) is 0 Å². The van der Waals surface area contributed by atoms with Crippen LogP contribution in [0.15, 0.2) is 0 Å². The molecule has 0 aromatic carbocycles. The van der Waals surface area contributed by atoms with Crippen molar-refractivity contribution >= 4 is 74.3 Å². The molecule has 0 rings (SSSR count). The maximum atomic E-state index is 11.1. The molecule has 22 heavy (non-hydrogen) atoms. The fourth-order valence-electron chi connectivity index (χ4n) is 1.55. The van der Waals surface area contributed by atoms with Crippen LogP contribution in [-0.2, 0) is 9.13 Å². The Balaban J connectivity index is -0.000000540. The average Bonchev–Trinajstić information content (AvgIpc) is 2.23. The zero-order chi connectivity index (χ0) is 15.3. The van der Waals surface area contributed by atoms with Crippen LogP contribution in [0, 0.1) is 0 Å². The number of hydrogen-bond donors (Lipinski definition) is 5. The van der Waals surface area contributed by atoms with Crippen molar-refractivity contribution in [3.05, 3.63) is 0 Å². The molecule has 0 aromatic rings. The van der Waals surface area contributed by atoms with Gasteiger partial charge in [-0.25, -0.2) is 0 Å². The summed E-state index contributed by atoms with van der Waals surface area (Å²) in [6.45, 7) is 2.64. The van der Waals surface area contributed by atoms with Gasteiger partial charge in [0.2, 0.25) is 0 Å². The van der Waals surface area contributed by atoms with Crippen LogP contribution in [0.1, 0.15) is 32.6 Å². The first-order chi connectivity index (χ1) is 8.45. The van der Waals surface area contributed by atoms with Crippen molar-refractivity contribution in [1.29, 1.82) is 0 Å². The maximum absolute atomic E-state index is 11.1. The van der Waals surface area contributed by atoms with Gasteiger partial charge >= 0.3 is 74.3 Å². The Bertz CT molecular complexity index is 353. The van der Waals surface area contributed by atoms with Crippen molar-refractivity contribution in [2.45, 2.75) is 37.7 Å².